The van der Waals surface area contributed by atoms with Crippen LogP contribution in [0.3, 0.4) is 0 Å². The molecule has 0 heterocycles. The second kappa shape index (κ2) is 12.4. The standard InChI is InChI=1S/C11H17NO.C7H7NO2.ClH/c1-12(2)9-8-11(13)10-6-4-3-5-7-10;9-7(10)8-6-4-2-1-3-5-6;/h3-7,11,13H,8-9H2,1-2H3;1-5,8H,(H,9,10);1H. The molecule has 1 amide bonds. The molecule has 5 nitrogen and oxygen atoms in total. The molecule has 2 aromatic carbocycles. The van der Waals surface area contributed by atoms with Gasteiger partial charge in [0, 0.05) is 12.2 Å². The van der Waals surface area contributed by atoms with Crippen molar-refractivity contribution in [3.63, 3.8) is 0 Å². The van der Waals surface area contributed by atoms with E-state index >= 15 is 0 Å². The Morgan fingerprint density at radius 1 is 1.04 bits per heavy atom. The van der Waals surface area contributed by atoms with Gasteiger partial charge in [-0.1, -0.05) is 48.5 Å². The van der Waals surface area contributed by atoms with Gasteiger partial charge in [0.25, 0.3) is 0 Å². The van der Waals surface area contributed by atoms with Crippen molar-refractivity contribution in [2.45, 2.75) is 12.5 Å². The molecule has 1 unspecified atom stereocenters. The normalized spacial score (nSPS) is 10.8. The molecule has 6 heteroatoms. The van der Waals surface area contributed by atoms with Crippen molar-refractivity contribution in [1.29, 1.82) is 0 Å². The number of aliphatic hydroxyl groups excluding tert-OH is 1. The summed E-state index contributed by atoms with van der Waals surface area (Å²) < 4.78 is 0. The molecule has 0 saturated heterocycles. The topological polar surface area (TPSA) is 72.8 Å². The van der Waals surface area contributed by atoms with Gasteiger partial charge in [-0.05, 0) is 38.2 Å². The molecule has 0 aromatic heterocycles. The first-order chi connectivity index (χ1) is 11.0. The van der Waals surface area contributed by atoms with Crippen LogP contribution in [0.25, 0.3) is 0 Å². The summed E-state index contributed by atoms with van der Waals surface area (Å²) in [6.07, 6.45) is -0.577. The highest BCUT2D eigenvalue weighted by Gasteiger charge is 2.06. The number of amides is 1. The Morgan fingerprint density at radius 2 is 1.54 bits per heavy atom. The Kier molecular flexibility index (Phi) is 11.3. The smallest absolute Gasteiger partial charge is 0.409 e. The SMILES string of the molecule is CN(C)CCC(O)c1ccccc1.Cl.O=C(O)Nc1ccccc1. The third-order valence-corrected chi connectivity index (χ3v) is 3.06. The number of halogens is 1. The molecule has 3 N–H and O–H groups in total. The number of rotatable bonds is 5. The minimum Gasteiger partial charge on any atom is -0.465 e. The van der Waals surface area contributed by atoms with Gasteiger partial charge in [0.05, 0.1) is 6.10 Å². The quantitative estimate of drug-likeness (QED) is 0.763. The number of nitrogens with one attached hydrogen (secondary N) is 1. The molecular weight excluding hydrogens is 328 g/mol. The highest BCUT2D eigenvalue weighted by Crippen LogP contribution is 2.15. The van der Waals surface area contributed by atoms with Gasteiger partial charge in [0.15, 0.2) is 0 Å². The zero-order chi connectivity index (χ0) is 17.1. The fourth-order valence-corrected chi connectivity index (χ4v) is 1.87. The lowest BCUT2D eigenvalue weighted by Gasteiger charge is -2.14. The first-order valence-electron chi connectivity index (χ1n) is 7.41. The molecule has 0 aliphatic rings. The molecule has 0 aliphatic heterocycles. The Labute approximate surface area is 149 Å². The molecule has 0 spiro atoms. The summed E-state index contributed by atoms with van der Waals surface area (Å²) in [4.78, 5) is 12.1. The van der Waals surface area contributed by atoms with Crippen LogP contribution in [0.1, 0.15) is 18.1 Å². The van der Waals surface area contributed by atoms with Crippen LogP contribution in [0, 0.1) is 0 Å². The van der Waals surface area contributed by atoms with Crippen molar-refractivity contribution >= 4 is 24.2 Å². The number of benzene rings is 2. The zero-order valence-corrected chi connectivity index (χ0v) is 14.7. The molecule has 0 radical (unpaired) electrons. The van der Waals surface area contributed by atoms with E-state index in [0.717, 1.165) is 18.5 Å². The van der Waals surface area contributed by atoms with E-state index in [-0.39, 0.29) is 18.5 Å². The zero-order valence-electron chi connectivity index (χ0n) is 13.9. The molecular formula is C18H25ClN2O3. The molecule has 132 valence electrons. The number of carbonyl (C=O) groups is 1. The van der Waals surface area contributed by atoms with Gasteiger partial charge >= 0.3 is 6.09 Å². The highest BCUT2D eigenvalue weighted by atomic mass is 35.5. The average molecular weight is 353 g/mol. The number of aliphatic hydroxyl groups is 1. The van der Waals surface area contributed by atoms with Crippen molar-refractivity contribution in [1.82, 2.24) is 4.90 Å². The number of hydrogen-bond acceptors (Lipinski definition) is 3. The maximum absolute atomic E-state index is 10.1. The largest absolute Gasteiger partial charge is 0.465 e. The van der Waals surface area contributed by atoms with Gasteiger partial charge in [0.2, 0.25) is 0 Å². The van der Waals surface area contributed by atoms with E-state index < -0.39 is 6.09 Å². The lowest BCUT2D eigenvalue weighted by Crippen LogP contribution is -2.15. The van der Waals surface area contributed by atoms with Crippen LogP contribution in [0.15, 0.2) is 60.7 Å². The van der Waals surface area contributed by atoms with Gasteiger partial charge in [-0.3, -0.25) is 5.32 Å². The second-order valence-corrected chi connectivity index (χ2v) is 5.31. The van der Waals surface area contributed by atoms with Crippen LogP contribution in [-0.4, -0.2) is 41.8 Å². The van der Waals surface area contributed by atoms with E-state index in [1.165, 1.54) is 0 Å². The summed E-state index contributed by atoms with van der Waals surface area (Å²) in [5, 5.41) is 20.2. The first-order valence-corrected chi connectivity index (χ1v) is 7.41. The minimum atomic E-state index is -1.04. The van der Waals surface area contributed by atoms with E-state index in [2.05, 4.69) is 10.2 Å². The number of para-hydroxylation sites is 1. The van der Waals surface area contributed by atoms with Gasteiger partial charge in [-0.25, -0.2) is 4.79 Å². The van der Waals surface area contributed by atoms with Crippen molar-refractivity contribution < 1.29 is 15.0 Å². The van der Waals surface area contributed by atoms with Gasteiger partial charge < -0.3 is 15.1 Å². The molecule has 24 heavy (non-hydrogen) atoms. The molecule has 0 saturated carbocycles. The van der Waals surface area contributed by atoms with Gasteiger partial charge in [-0.2, -0.15) is 0 Å². The monoisotopic (exact) mass is 352 g/mol. The number of carboxylic acid groups (broad SMARTS) is 1. The van der Waals surface area contributed by atoms with Crippen LogP contribution >= 0.6 is 12.4 Å². The van der Waals surface area contributed by atoms with E-state index in [4.69, 9.17) is 5.11 Å². The van der Waals surface area contributed by atoms with Crippen molar-refractivity contribution in [3.8, 4) is 0 Å². The molecule has 0 aliphatic carbocycles. The summed E-state index contributed by atoms with van der Waals surface area (Å²) in [6, 6.07) is 18.5. The second-order valence-electron chi connectivity index (χ2n) is 5.31. The minimum absolute atomic E-state index is 0. The average Bonchev–Trinajstić information content (AvgIpc) is 2.54. The number of nitrogens with zero attached hydrogens (tertiary/aromatic N) is 1. The van der Waals surface area contributed by atoms with Gasteiger partial charge in [-0.15, -0.1) is 12.4 Å². The lowest BCUT2D eigenvalue weighted by atomic mass is 10.1. The first kappa shape index (κ1) is 21.9. The third-order valence-electron chi connectivity index (χ3n) is 3.06. The molecule has 2 aromatic rings. The summed E-state index contributed by atoms with van der Waals surface area (Å²) in [5.41, 5.74) is 1.60. The molecule has 0 bridgehead atoms. The van der Waals surface area contributed by atoms with Crippen LogP contribution in [-0.2, 0) is 0 Å². The van der Waals surface area contributed by atoms with E-state index in [0.29, 0.717) is 5.69 Å². The van der Waals surface area contributed by atoms with Crippen molar-refractivity contribution in [2.75, 3.05) is 26.0 Å². The summed E-state index contributed by atoms with van der Waals surface area (Å²) in [6.45, 7) is 0.913. The molecule has 2 rings (SSSR count). The predicted octanol–water partition coefficient (Wildman–Crippen LogP) is 3.87. The van der Waals surface area contributed by atoms with Gasteiger partial charge in [0.1, 0.15) is 0 Å². The van der Waals surface area contributed by atoms with Crippen molar-refractivity contribution in [3.05, 3.63) is 66.2 Å². The van der Waals surface area contributed by atoms with E-state index in [1.54, 1.807) is 24.3 Å². The number of anilines is 1. The van der Waals surface area contributed by atoms with Crippen LogP contribution < -0.4 is 5.32 Å². The van der Waals surface area contributed by atoms with E-state index in [1.807, 2.05) is 50.5 Å². The predicted molar refractivity (Wildman–Crippen MR) is 99.9 cm³/mol. The Morgan fingerprint density at radius 3 is 2.00 bits per heavy atom. The Hall–Kier alpha value is -2.08. The highest BCUT2D eigenvalue weighted by molar-refractivity contribution is 5.85. The Balaban J connectivity index is 0.000000436. The summed E-state index contributed by atoms with van der Waals surface area (Å²) in [5.74, 6) is 0. The number of hydrogen-bond donors (Lipinski definition) is 3. The van der Waals surface area contributed by atoms with Crippen LogP contribution in [0.2, 0.25) is 0 Å². The maximum Gasteiger partial charge on any atom is 0.409 e. The lowest BCUT2D eigenvalue weighted by molar-refractivity contribution is 0.154. The summed E-state index contributed by atoms with van der Waals surface area (Å²) in [7, 11) is 4.02. The Bertz CT molecular complexity index is 565. The maximum atomic E-state index is 10.1. The fourth-order valence-electron chi connectivity index (χ4n) is 1.87. The van der Waals surface area contributed by atoms with E-state index in [9.17, 15) is 9.90 Å². The van der Waals surface area contributed by atoms with Crippen molar-refractivity contribution in [2.24, 2.45) is 0 Å². The van der Waals surface area contributed by atoms with Crippen LogP contribution in [0.5, 0.6) is 0 Å². The fraction of sp³-hybridized carbons (Fsp3) is 0.278. The third kappa shape index (κ3) is 9.84. The molecule has 0 fully saturated rings. The summed E-state index contributed by atoms with van der Waals surface area (Å²) >= 11 is 0. The molecule has 1 atom stereocenters. The van der Waals surface area contributed by atoms with Crippen LogP contribution in [0.4, 0.5) is 10.5 Å².